The fraction of sp³-hybridized carbons (Fsp3) is 0.0870. The van der Waals surface area contributed by atoms with Crippen molar-refractivity contribution in [2.45, 2.75) is 13.1 Å². The van der Waals surface area contributed by atoms with Crippen molar-refractivity contribution < 1.29 is 4.79 Å². The Hall–Kier alpha value is -2.91. The zero-order valence-electron chi connectivity index (χ0n) is 15.0. The normalized spacial score (nSPS) is 15.5. The van der Waals surface area contributed by atoms with Crippen LogP contribution in [0.15, 0.2) is 95.5 Å². The van der Waals surface area contributed by atoms with Crippen LogP contribution in [0, 0.1) is 0 Å². The van der Waals surface area contributed by atoms with Crippen LogP contribution < -0.4 is 4.90 Å². The number of hydrogen-bond acceptors (Lipinski definition) is 2. The fourth-order valence-corrected chi connectivity index (χ4v) is 6.06. The van der Waals surface area contributed by atoms with Crippen LogP contribution in [0.4, 0.5) is 11.4 Å². The predicted molar refractivity (Wildman–Crippen MR) is 112 cm³/mol. The first-order valence-electron chi connectivity index (χ1n) is 8.84. The highest BCUT2D eigenvalue weighted by Crippen LogP contribution is 2.41. The zero-order chi connectivity index (χ0) is 18.1. The van der Waals surface area contributed by atoms with Crippen molar-refractivity contribution in [1.82, 2.24) is 0 Å². The van der Waals surface area contributed by atoms with Crippen molar-refractivity contribution in [3.8, 4) is 0 Å². The molecule has 4 rings (SSSR count). The van der Waals surface area contributed by atoms with Gasteiger partial charge in [-0.2, -0.15) is 0 Å². The van der Waals surface area contributed by atoms with Crippen molar-refractivity contribution in [2.24, 2.45) is 0 Å². The van der Waals surface area contributed by atoms with Crippen molar-refractivity contribution in [1.29, 1.82) is 0 Å². The monoisotopic (exact) mass is 355 g/mol. The third kappa shape index (κ3) is 2.61. The van der Waals surface area contributed by atoms with E-state index in [0.717, 1.165) is 22.9 Å². The maximum Gasteiger partial charge on any atom is 0.142 e. The summed E-state index contributed by atoms with van der Waals surface area (Å²) < 4.78 is 0. The molecular formula is C23H21NOSi. The largest absolute Gasteiger partial charge is 0.317 e. The molecule has 0 spiro atoms. The summed E-state index contributed by atoms with van der Waals surface area (Å²) in [5.41, 5.74) is 2.28. The van der Waals surface area contributed by atoms with E-state index in [9.17, 15) is 4.79 Å². The van der Waals surface area contributed by atoms with Crippen LogP contribution in [-0.4, -0.2) is 14.4 Å². The Morgan fingerprint density at radius 1 is 0.808 bits per heavy atom. The number of anilines is 2. The topological polar surface area (TPSA) is 20.3 Å². The molecule has 26 heavy (non-hydrogen) atoms. The van der Waals surface area contributed by atoms with Crippen molar-refractivity contribution in [3.63, 3.8) is 0 Å². The Morgan fingerprint density at radius 2 is 1.50 bits per heavy atom. The minimum Gasteiger partial charge on any atom is -0.317 e. The molecule has 0 N–H and O–H groups in total. The molecule has 0 bridgehead atoms. The molecule has 128 valence electrons. The molecule has 1 heterocycles. The van der Waals surface area contributed by atoms with Crippen LogP contribution in [-0.2, 0) is 4.79 Å². The van der Waals surface area contributed by atoms with E-state index in [4.69, 9.17) is 0 Å². The summed E-state index contributed by atoms with van der Waals surface area (Å²) in [7, 11) is -2.03. The zero-order valence-corrected chi connectivity index (χ0v) is 16.0. The Morgan fingerprint density at radius 3 is 2.23 bits per heavy atom. The SMILES string of the molecule is C[Si]1(C)C(C=O)=CC=C1N(c1ccccc1)c1cccc2ccccc12. The number of benzene rings is 3. The Balaban J connectivity index is 1.95. The maximum atomic E-state index is 11.6. The summed E-state index contributed by atoms with van der Waals surface area (Å²) in [5.74, 6) is 0. The number of rotatable bonds is 4. The summed E-state index contributed by atoms with van der Waals surface area (Å²) >= 11 is 0. The lowest BCUT2D eigenvalue weighted by Crippen LogP contribution is -2.38. The van der Waals surface area contributed by atoms with Gasteiger partial charge in [0.1, 0.15) is 14.4 Å². The molecule has 3 heteroatoms. The van der Waals surface area contributed by atoms with Crippen LogP contribution in [0.1, 0.15) is 0 Å². The number of carbonyl (C=O) groups excluding carboxylic acids is 1. The van der Waals surface area contributed by atoms with Gasteiger partial charge in [0.2, 0.25) is 0 Å². The van der Waals surface area contributed by atoms with E-state index < -0.39 is 8.07 Å². The summed E-state index contributed by atoms with van der Waals surface area (Å²) in [6, 6.07) is 25.3. The second-order valence-corrected chi connectivity index (χ2v) is 11.4. The van der Waals surface area contributed by atoms with Crippen molar-refractivity contribution >= 4 is 36.5 Å². The molecule has 0 fully saturated rings. The molecule has 3 aromatic carbocycles. The molecule has 3 aromatic rings. The molecule has 1 aliphatic rings. The van der Waals surface area contributed by atoms with Crippen LogP contribution in [0.3, 0.4) is 0 Å². The third-order valence-electron chi connectivity index (χ3n) is 5.17. The standard InChI is InChI=1S/C23H21NOSi/c1-26(2)20(17-25)15-16-23(26)24(19-11-4-3-5-12-19)22-14-8-10-18-9-6-7-13-21(18)22/h3-17H,1-2H3. The summed E-state index contributed by atoms with van der Waals surface area (Å²) in [6.07, 6.45) is 5.16. The number of hydrogen-bond donors (Lipinski definition) is 0. The number of allylic oxidation sites excluding steroid dienone is 3. The molecule has 0 aliphatic carbocycles. The quantitative estimate of drug-likeness (QED) is 0.436. The van der Waals surface area contributed by atoms with Gasteiger partial charge in [-0.1, -0.05) is 73.8 Å². The lowest BCUT2D eigenvalue weighted by Gasteiger charge is -2.35. The van der Waals surface area contributed by atoms with Gasteiger partial charge in [-0.25, -0.2) is 0 Å². The van der Waals surface area contributed by atoms with E-state index in [1.54, 1.807) is 0 Å². The van der Waals surface area contributed by atoms with E-state index in [1.807, 2.05) is 12.1 Å². The second kappa shape index (κ2) is 6.43. The minimum atomic E-state index is -2.03. The van der Waals surface area contributed by atoms with Gasteiger partial charge in [-0.3, -0.25) is 4.79 Å². The van der Waals surface area contributed by atoms with Gasteiger partial charge in [0, 0.05) is 16.4 Å². The van der Waals surface area contributed by atoms with Crippen molar-refractivity contribution in [2.75, 3.05) is 4.90 Å². The number of para-hydroxylation sites is 1. The number of nitrogens with zero attached hydrogens (tertiary/aromatic N) is 1. The molecule has 1 aliphatic heterocycles. The second-order valence-electron chi connectivity index (χ2n) is 7.09. The molecule has 0 unspecified atom stereocenters. The number of fused-ring (bicyclic) bond motifs is 1. The van der Waals surface area contributed by atoms with Gasteiger partial charge in [0.25, 0.3) is 0 Å². The molecule has 2 nitrogen and oxygen atoms in total. The van der Waals surface area contributed by atoms with Crippen LogP contribution >= 0.6 is 0 Å². The lowest BCUT2D eigenvalue weighted by molar-refractivity contribution is -0.104. The van der Waals surface area contributed by atoms with E-state index >= 15 is 0 Å². The van der Waals surface area contributed by atoms with Crippen LogP contribution in [0.5, 0.6) is 0 Å². The average Bonchev–Trinajstić information content (AvgIpc) is 2.97. The number of aldehydes is 1. The Bertz CT molecular complexity index is 1030. The highest BCUT2D eigenvalue weighted by molar-refractivity contribution is 6.94. The first-order valence-corrected chi connectivity index (χ1v) is 11.8. The number of carbonyl (C=O) groups is 1. The van der Waals surface area contributed by atoms with E-state index in [1.165, 1.54) is 16.1 Å². The van der Waals surface area contributed by atoms with Gasteiger partial charge >= 0.3 is 0 Å². The maximum absolute atomic E-state index is 11.6. The molecular weight excluding hydrogens is 334 g/mol. The molecule has 0 amide bonds. The molecule has 0 atom stereocenters. The first kappa shape index (κ1) is 16.5. The summed E-state index contributed by atoms with van der Waals surface area (Å²) in [4.78, 5) is 13.9. The van der Waals surface area contributed by atoms with Crippen molar-refractivity contribution in [3.05, 3.63) is 95.5 Å². The van der Waals surface area contributed by atoms with E-state index in [-0.39, 0.29) is 0 Å². The predicted octanol–water partition coefficient (Wildman–Crippen LogP) is 5.79. The average molecular weight is 356 g/mol. The fourth-order valence-electron chi connectivity index (χ4n) is 3.66. The van der Waals surface area contributed by atoms with E-state index in [0.29, 0.717) is 0 Å². The first-order chi connectivity index (χ1) is 12.6. The van der Waals surface area contributed by atoms with Gasteiger partial charge < -0.3 is 4.90 Å². The summed E-state index contributed by atoms with van der Waals surface area (Å²) in [5, 5.41) is 4.60. The lowest BCUT2D eigenvalue weighted by atomic mass is 10.1. The van der Waals surface area contributed by atoms with Crippen LogP contribution in [0.2, 0.25) is 13.1 Å². The third-order valence-corrected chi connectivity index (χ3v) is 8.57. The molecule has 0 saturated carbocycles. The van der Waals surface area contributed by atoms with Gasteiger partial charge in [-0.15, -0.1) is 0 Å². The Labute approximate surface area is 155 Å². The van der Waals surface area contributed by atoms with Crippen LogP contribution in [0.25, 0.3) is 10.8 Å². The van der Waals surface area contributed by atoms with Gasteiger partial charge in [0.15, 0.2) is 0 Å². The highest BCUT2D eigenvalue weighted by Gasteiger charge is 2.38. The summed E-state index contributed by atoms with van der Waals surface area (Å²) in [6.45, 7) is 4.49. The van der Waals surface area contributed by atoms with Gasteiger partial charge in [-0.05, 0) is 34.9 Å². The molecule has 0 saturated heterocycles. The highest BCUT2D eigenvalue weighted by atomic mass is 28.3. The smallest absolute Gasteiger partial charge is 0.142 e. The van der Waals surface area contributed by atoms with Gasteiger partial charge in [0.05, 0.1) is 5.69 Å². The minimum absolute atomic E-state index is 0.939. The molecule has 0 aromatic heterocycles. The molecule has 0 radical (unpaired) electrons. The Kier molecular flexibility index (Phi) is 4.09. The van der Waals surface area contributed by atoms with E-state index in [2.05, 4.69) is 90.8 Å².